The largest absolute Gasteiger partial charge is 0.334 e. The van der Waals surface area contributed by atoms with Crippen molar-refractivity contribution in [2.24, 2.45) is 0 Å². The number of anilines is 1. The molecule has 28 heavy (non-hydrogen) atoms. The highest BCUT2D eigenvalue weighted by Crippen LogP contribution is 2.56. The lowest BCUT2D eigenvalue weighted by Crippen LogP contribution is -2.20. The average molecular weight is 392 g/mol. The summed E-state index contributed by atoms with van der Waals surface area (Å²) < 4.78 is 14.3. The van der Waals surface area contributed by atoms with E-state index in [4.69, 9.17) is 0 Å². The van der Waals surface area contributed by atoms with Crippen molar-refractivity contribution in [1.29, 1.82) is 0 Å². The number of para-hydroxylation sites is 1. The normalized spacial score (nSPS) is 17.3. The molecule has 1 heterocycles. The minimum atomic E-state index is -2.59. The molecule has 1 N–H and O–H groups in total. The van der Waals surface area contributed by atoms with E-state index in [2.05, 4.69) is 53.4 Å². The van der Waals surface area contributed by atoms with E-state index in [1.165, 1.54) is 30.4 Å². The summed E-state index contributed by atoms with van der Waals surface area (Å²) in [7, 11) is -2.59. The monoisotopic (exact) mass is 392 g/mol. The number of hydrogen-bond acceptors (Lipinski definition) is 2. The molecule has 4 rings (SSSR count). The highest BCUT2D eigenvalue weighted by Gasteiger charge is 2.34. The summed E-state index contributed by atoms with van der Waals surface area (Å²) in [5.74, 6) is 0. The molecule has 0 saturated heterocycles. The molecule has 1 unspecified atom stereocenters. The van der Waals surface area contributed by atoms with E-state index in [1.807, 2.05) is 24.4 Å². The fourth-order valence-corrected chi connectivity index (χ4v) is 7.31. The Bertz CT molecular complexity index is 972. The van der Waals surface area contributed by atoms with Gasteiger partial charge in [0.1, 0.15) is 0 Å². The van der Waals surface area contributed by atoms with Gasteiger partial charge in [0.2, 0.25) is 0 Å². The summed E-state index contributed by atoms with van der Waals surface area (Å²) in [4.78, 5) is 4.55. The quantitative estimate of drug-likeness (QED) is 0.469. The van der Waals surface area contributed by atoms with Crippen molar-refractivity contribution in [2.45, 2.75) is 51.1 Å². The number of hydrogen-bond donors (Lipinski definition) is 1. The van der Waals surface area contributed by atoms with Crippen LogP contribution in [0.3, 0.4) is 0 Å². The molecule has 3 aromatic rings. The van der Waals surface area contributed by atoms with Crippen LogP contribution in [0.4, 0.5) is 5.69 Å². The summed E-state index contributed by atoms with van der Waals surface area (Å²) in [5, 5.41) is 4.63. The number of nitrogens with one attached hydrogen (secondary N) is 1. The Balaban J connectivity index is 1.62. The van der Waals surface area contributed by atoms with Crippen LogP contribution in [0.25, 0.3) is 10.9 Å². The maximum absolute atomic E-state index is 14.3. The number of pyridine rings is 1. The molecule has 3 nitrogen and oxygen atoms in total. The smallest absolute Gasteiger partial charge is 0.173 e. The van der Waals surface area contributed by atoms with Gasteiger partial charge in [-0.15, -0.1) is 0 Å². The lowest BCUT2D eigenvalue weighted by atomic mass is 10.0. The van der Waals surface area contributed by atoms with Crippen LogP contribution in [0.15, 0.2) is 60.8 Å². The molecule has 1 aliphatic carbocycles. The number of nitrogens with zero attached hydrogens (tertiary/aromatic N) is 1. The zero-order chi connectivity index (χ0) is 19.4. The second kappa shape index (κ2) is 8.49. The van der Waals surface area contributed by atoms with Crippen molar-refractivity contribution >= 4 is 23.9 Å². The molecule has 1 aromatic heterocycles. The van der Waals surface area contributed by atoms with Gasteiger partial charge in [-0.2, -0.15) is 0 Å². The van der Waals surface area contributed by atoms with Gasteiger partial charge in [0.15, 0.2) is 7.29 Å². The predicted molar refractivity (Wildman–Crippen MR) is 120 cm³/mol. The van der Waals surface area contributed by atoms with Gasteiger partial charge in [-0.1, -0.05) is 67.3 Å². The van der Waals surface area contributed by atoms with E-state index in [1.54, 1.807) is 0 Å². The Morgan fingerprint density at radius 1 is 1.00 bits per heavy atom. The van der Waals surface area contributed by atoms with Crippen molar-refractivity contribution in [2.75, 3.05) is 11.2 Å². The lowest BCUT2D eigenvalue weighted by molar-refractivity contribution is 0.484. The molecule has 0 bridgehead atoms. The van der Waals surface area contributed by atoms with Crippen LogP contribution >= 0.6 is 7.29 Å². The number of fused-ring (bicyclic) bond motifs is 1. The summed E-state index contributed by atoms with van der Waals surface area (Å²) in [6.45, 7) is 2.10. The second-order valence-corrected chi connectivity index (χ2v) is 11.0. The SMILES string of the molecule is Cc1ccc(CCP(=O)(Nc2cccc3cccnc23)C2CCCCC2)cc1. The van der Waals surface area contributed by atoms with Gasteiger partial charge in [-0.25, -0.2) is 0 Å². The molecule has 1 saturated carbocycles. The highest BCUT2D eigenvalue weighted by atomic mass is 31.2. The minimum absolute atomic E-state index is 0.269. The Kier molecular flexibility index (Phi) is 5.82. The Morgan fingerprint density at radius 3 is 2.54 bits per heavy atom. The molecule has 146 valence electrons. The van der Waals surface area contributed by atoms with Gasteiger partial charge < -0.3 is 9.65 Å². The van der Waals surface area contributed by atoms with E-state index in [9.17, 15) is 4.57 Å². The van der Waals surface area contributed by atoms with E-state index in [-0.39, 0.29) is 5.66 Å². The van der Waals surface area contributed by atoms with E-state index >= 15 is 0 Å². The first-order valence-corrected chi connectivity index (χ1v) is 12.4. The maximum atomic E-state index is 14.3. The summed E-state index contributed by atoms with van der Waals surface area (Å²) in [5.41, 5.74) is 4.62. The third-order valence-electron chi connectivity index (χ3n) is 5.96. The first kappa shape index (κ1) is 19.2. The van der Waals surface area contributed by atoms with Crippen molar-refractivity contribution in [3.8, 4) is 0 Å². The van der Waals surface area contributed by atoms with Gasteiger partial charge in [-0.3, -0.25) is 4.98 Å². The third-order valence-corrected chi connectivity index (χ3v) is 9.16. The minimum Gasteiger partial charge on any atom is -0.334 e. The van der Waals surface area contributed by atoms with Crippen LogP contribution in [0.1, 0.15) is 43.2 Å². The van der Waals surface area contributed by atoms with Crippen LogP contribution in [-0.4, -0.2) is 16.8 Å². The van der Waals surface area contributed by atoms with E-state index < -0.39 is 7.29 Å². The molecular weight excluding hydrogens is 363 g/mol. The average Bonchev–Trinajstić information content (AvgIpc) is 2.74. The molecule has 2 aromatic carbocycles. The van der Waals surface area contributed by atoms with Crippen LogP contribution < -0.4 is 5.09 Å². The zero-order valence-corrected chi connectivity index (χ0v) is 17.5. The fraction of sp³-hybridized carbons (Fsp3) is 0.375. The topological polar surface area (TPSA) is 42.0 Å². The van der Waals surface area contributed by atoms with Gasteiger partial charge in [0.25, 0.3) is 0 Å². The van der Waals surface area contributed by atoms with Crippen LogP contribution in [0, 0.1) is 6.92 Å². The predicted octanol–water partition coefficient (Wildman–Crippen LogP) is 6.81. The molecule has 0 spiro atoms. The number of rotatable bonds is 6. The summed E-state index contributed by atoms with van der Waals surface area (Å²) in [6.07, 6.45) is 9.13. The van der Waals surface area contributed by atoms with Gasteiger partial charge >= 0.3 is 0 Å². The third kappa shape index (κ3) is 4.31. The number of aromatic nitrogens is 1. The molecule has 0 radical (unpaired) electrons. The van der Waals surface area contributed by atoms with Gasteiger partial charge in [0, 0.05) is 23.4 Å². The summed E-state index contributed by atoms with van der Waals surface area (Å²) >= 11 is 0. The van der Waals surface area contributed by atoms with E-state index in [0.29, 0.717) is 6.16 Å². The van der Waals surface area contributed by atoms with Crippen LogP contribution in [0.2, 0.25) is 0 Å². The molecule has 1 aliphatic rings. The fourth-order valence-electron chi connectivity index (χ4n) is 4.28. The second-order valence-electron chi connectivity index (χ2n) is 8.04. The Hall–Kier alpha value is -2.12. The lowest BCUT2D eigenvalue weighted by Gasteiger charge is -2.32. The number of aryl methyl sites for hydroxylation is 2. The highest BCUT2D eigenvalue weighted by molar-refractivity contribution is 7.66. The molecule has 0 aliphatic heterocycles. The summed E-state index contributed by atoms with van der Waals surface area (Å²) in [6, 6.07) is 18.7. The van der Waals surface area contributed by atoms with Crippen molar-refractivity contribution in [3.63, 3.8) is 0 Å². The van der Waals surface area contributed by atoms with Crippen molar-refractivity contribution < 1.29 is 4.57 Å². The van der Waals surface area contributed by atoms with Gasteiger partial charge in [-0.05, 0) is 43.9 Å². The Labute approximate surface area is 168 Å². The maximum Gasteiger partial charge on any atom is 0.173 e. The van der Waals surface area contributed by atoms with E-state index in [0.717, 1.165) is 35.9 Å². The first-order valence-electron chi connectivity index (χ1n) is 10.4. The first-order chi connectivity index (χ1) is 13.6. The van der Waals surface area contributed by atoms with Crippen LogP contribution in [0.5, 0.6) is 0 Å². The zero-order valence-electron chi connectivity index (χ0n) is 16.6. The van der Waals surface area contributed by atoms with Crippen LogP contribution in [-0.2, 0) is 11.0 Å². The Morgan fingerprint density at radius 2 is 1.75 bits per heavy atom. The van der Waals surface area contributed by atoms with Crippen molar-refractivity contribution in [3.05, 3.63) is 71.9 Å². The molecule has 4 heteroatoms. The molecular formula is C24H29N2OP. The molecule has 1 fully saturated rings. The van der Waals surface area contributed by atoms with Gasteiger partial charge in [0.05, 0.1) is 11.2 Å². The van der Waals surface area contributed by atoms with Crippen molar-refractivity contribution in [1.82, 2.24) is 4.98 Å². The molecule has 1 atom stereocenters. The molecule has 0 amide bonds. The standard InChI is InChI=1S/C24H29N2OP/c1-19-12-14-20(15-13-19)16-18-28(27,22-9-3-2-4-10-22)26-23-11-5-7-21-8-6-17-25-24(21)23/h5-8,11-15,17,22H,2-4,9-10,16,18H2,1H3,(H,26,27). The number of benzene rings is 2.